The van der Waals surface area contributed by atoms with Gasteiger partial charge in [0.05, 0.1) is 16.6 Å². The number of aryl methyl sites for hydroxylation is 2. The summed E-state index contributed by atoms with van der Waals surface area (Å²) in [5.41, 5.74) is 7.46. The summed E-state index contributed by atoms with van der Waals surface area (Å²) >= 11 is 0. The van der Waals surface area contributed by atoms with Crippen LogP contribution in [0.5, 0.6) is 0 Å². The van der Waals surface area contributed by atoms with Crippen molar-refractivity contribution in [2.45, 2.75) is 46.6 Å². The minimum atomic E-state index is -0.124. The molecule has 29 heavy (non-hydrogen) atoms. The molecule has 4 nitrogen and oxygen atoms in total. The number of aromatic nitrogens is 3. The Morgan fingerprint density at radius 3 is 2.34 bits per heavy atom. The predicted octanol–water partition coefficient (Wildman–Crippen LogP) is 5.35. The number of benzene rings is 2. The van der Waals surface area contributed by atoms with E-state index >= 15 is 0 Å². The summed E-state index contributed by atoms with van der Waals surface area (Å²) in [6.07, 6.45) is 1.65. The number of fused-ring (bicyclic) bond motifs is 1. The van der Waals surface area contributed by atoms with Crippen LogP contribution in [0.3, 0.4) is 0 Å². The molecule has 0 radical (unpaired) electrons. The third-order valence-corrected chi connectivity index (χ3v) is 5.58. The van der Waals surface area contributed by atoms with E-state index in [-0.39, 0.29) is 11.0 Å². The molecule has 0 fully saturated rings. The van der Waals surface area contributed by atoms with Crippen molar-refractivity contribution in [3.63, 3.8) is 0 Å². The summed E-state index contributed by atoms with van der Waals surface area (Å²) in [4.78, 5) is 20.1. The van der Waals surface area contributed by atoms with Crippen molar-refractivity contribution in [2.75, 3.05) is 0 Å². The zero-order valence-corrected chi connectivity index (χ0v) is 17.7. The fourth-order valence-corrected chi connectivity index (χ4v) is 3.64. The molecule has 0 unspecified atom stereocenters. The van der Waals surface area contributed by atoms with Crippen molar-refractivity contribution in [1.82, 2.24) is 14.5 Å². The van der Waals surface area contributed by atoms with E-state index in [1.165, 1.54) is 22.3 Å². The van der Waals surface area contributed by atoms with E-state index in [9.17, 15) is 4.79 Å². The Bertz CT molecular complexity index is 1240. The molecule has 148 valence electrons. The Labute approximate surface area is 171 Å². The average molecular weight is 386 g/mol. The highest BCUT2D eigenvalue weighted by atomic mass is 16.1. The van der Waals surface area contributed by atoms with Crippen LogP contribution in [0.2, 0.25) is 0 Å². The van der Waals surface area contributed by atoms with Crippen LogP contribution in [0.25, 0.3) is 22.4 Å². The molecule has 2 heterocycles. The van der Waals surface area contributed by atoms with Crippen LogP contribution in [0.4, 0.5) is 0 Å². The summed E-state index contributed by atoms with van der Waals surface area (Å²) in [5.74, 6) is 0.701. The molecule has 0 aliphatic rings. The summed E-state index contributed by atoms with van der Waals surface area (Å²) in [6, 6.07) is 16.7. The average Bonchev–Trinajstić information content (AvgIpc) is 2.99. The number of hydrogen-bond donors (Lipinski definition) is 1. The standard InChI is InChI=1S/C25H27N3O/c1-16-13-21-22(14-17(16)2)28(23(27-21)20-7-6-12-26-24(20)29)15-18-8-10-19(11-9-18)25(3,4)5/h6-14H,15H2,1-5H3,(H,26,29). The number of rotatable bonds is 3. The second-order valence-corrected chi connectivity index (χ2v) is 8.81. The molecule has 0 amide bonds. The van der Waals surface area contributed by atoms with Gasteiger partial charge in [-0.25, -0.2) is 4.98 Å². The van der Waals surface area contributed by atoms with Crippen molar-refractivity contribution in [1.29, 1.82) is 0 Å². The Morgan fingerprint density at radius 2 is 1.69 bits per heavy atom. The first kappa shape index (κ1) is 19.2. The van der Waals surface area contributed by atoms with Gasteiger partial charge in [0.25, 0.3) is 5.56 Å². The minimum Gasteiger partial charge on any atom is -0.328 e. The van der Waals surface area contributed by atoms with Gasteiger partial charge in [-0.3, -0.25) is 4.79 Å². The summed E-state index contributed by atoms with van der Waals surface area (Å²) in [6.45, 7) is 11.5. The highest BCUT2D eigenvalue weighted by Crippen LogP contribution is 2.27. The number of hydrogen-bond acceptors (Lipinski definition) is 2. The summed E-state index contributed by atoms with van der Waals surface area (Å²) < 4.78 is 2.15. The number of nitrogens with zero attached hydrogens (tertiary/aromatic N) is 2. The molecule has 0 bridgehead atoms. The van der Waals surface area contributed by atoms with Gasteiger partial charge in [0.2, 0.25) is 0 Å². The third-order valence-electron chi connectivity index (χ3n) is 5.58. The Balaban J connectivity index is 1.88. The maximum absolute atomic E-state index is 12.5. The van der Waals surface area contributed by atoms with Crippen molar-refractivity contribution < 1.29 is 0 Å². The lowest BCUT2D eigenvalue weighted by Gasteiger charge is -2.19. The first-order valence-electron chi connectivity index (χ1n) is 9.99. The normalized spacial score (nSPS) is 11.9. The van der Waals surface area contributed by atoms with Gasteiger partial charge in [0.1, 0.15) is 5.82 Å². The van der Waals surface area contributed by atoms with Gasteiger partial charge in [-0.05, 0) is 65.8 Å². The van der Waals surface area contributed by atoms with Crippen LogP contribution in [-0.4, -0.2) is 14.5 Å². The number of imidazole rings is 1. The lowest BCUT2D eigenvalue weighted by Crippen LogP contribution is -2.12. The zero-order chi connectivity index (χ0) is 20.8. The highest BCUT2D eigenvalue weighted by molar-refractivity contribution is 5.82. The minimum absolute atomic E-state index is 0.122. The summed E-state index contributed by atoms with van der Waals surface area (Å²) in [7, 11) is 0. The van der Waals surface area contributed by atoms with Gasteiger partial charge < -0.3 is 9.55 Å². The van der Waals surface area contributed by atoms with Crippen LogP contribution >= 0.6 is 0 Å². The second kappa shape index (κ2) is 7.03. The van der Waals surface area contributed by atoms with Crippen LogP contribution in [0, 0.1) is 13.8 Å². The number of pyridine rings is 1. The molecule has 0 saturated heterocycles. The van der Waals surface area contributed by atoms with Gasteiger partial charge >= 0.3 is 0 Å². The van der Waals surface area contributed by atoms with E-state index in [2.05, 4.69) is 80.6 Å². The maximum Gasteiger partial charge on any atom is 0.258 e. The van der Waals surface area contributed by atoms with Crippen molar-refractivity contribution in [3.8, 4) is 11.4 Å². The van der Waals surface area contributed by atoms with E-state index in [0.29, 0.717) is 17.9 Å². The molecular formula is C25H27N3O. The van der Waals surface area contributed by atoms with E-state index in [1.807, 2.05) is 12.1 Å². The molecule has 2 aromatic heterocycles. The first-order valence-corrected chi connectivity index (χ1v) is 9.99. The lowest BCUT2D eigenvalue weighted by atomic mass is 9.87. The second-order valence-electron chi connectivity index (χ2n) is 8.81. The molecule has 0 aliphatic carbocycles. The Hall–Kier alpha value is -3.14. The van der Waals surface area contributed by atoms with E-state index in [4.69, 9.17) is 4.98 Å². The third kappa shape index (κ3) is 3.63. The molecule has 0 aliphatic heterocycles. The molecule has 0 spiro atoms. The highest BCUT2D eigenvalue weighted by Gasteiger charge is 2.17. The largest absolute Gasteiger partial charge is 0.328 e. The Kier molecular flexibility index (Phi) is 4.65. The van der Waals surface area contributed by atoms with Crippen LogP contribution in [-0.2, 0) is 12.0 Å². The van der Waals surface area contributed by atoms with Gasteiger partial charge in [-0.2, -0.15) is 0 Å². The van der Waals surface area contributed by atoms with Crippen molar-refractivity contribution >= 4 is 11.0 Å². The van der Waals surface area contributed by atoms with Crippen molar-refractivity contribution in [3.05, 3.63) is 87.3 Å². The Morgan fingerprint density at radius 1 is 1.00 bits per heavy atom. The van der Waals surface area contributed by atoms with Gasteiger partial charge in [0.15, 0.2) is 0 Å². The fourth-order valence-electron chi connectivity index (χ4n) is 3.64. The van der Waals surface area contributed by atoms with Crippen LogP contribution in [0.1, 0.15) is 43.0 Å². The molecule has 2 aromatic carbocycles. The van der Waals surface area contributed by atoms with E-state index in [1.54, 1.807) is 6.20 Å². The van der Waals surface area contributed by atoms with Gasteiger partial charge in [-0.15, -0.1) is 0 Å². The number of H-pyrrole nitrogens is 1. The quantitative estimate of drug-likeness (QED) is 0.516. The van der Waals surface area contributed by atoms with Gasteiger partial charge in [0, 0.05) is 12.7 Å². The van der Waals surface area contributed by atoms with E-state index < -0.39 is 0 Å². The molecule has 4 rings (SSSR count). The number of aromatic amines is 1. The predicted molar refractivity (Wildman–Crippen MR) is 120 cm³/mol. The SMILES string of the molecule is Cc1cc2nc(-c3ccc[nH]c3=O)n(Cc3ccc(C(C)(C)C)cc3)c2cc1C. The smallest absolute Gasteiger partial charge is 0.258 e. The van der Waals surface area contributed by atoms with Crippen LogP contribution < -0.4 is 5.56 Å². The molecule has 4 heteroatoms. The monoisotopic (exact) mass is 385 g/mol. The lowest BCUT2D eigenvalue weighted by molar-refractivity contribution is 0.590. The molecule has 0 atom stereocenters. The van der Waals surface area contributed by atoms with E-state index in [0.717, 1.165) is 11.0 Å². The first-order chi connectivity index (χ1) is 13.7. The molecule has 0 saturated carbocycles. The zero-order valence-electron chi connectivity index (χ0n) is 17.7. The van der Waals surface area contributed by atoms with Gasteiger partial charge in [-0.1, -0.05) is 45.0 Å². The maximum atomic E-state index is 12.5. The molecule has 1 N–H and O–H groups in total. The number of nitrogens with one attached hydrogen (secondary N) is 1. The van der Waals surface area contributed by atoms with Crippen LogP contribution in [0.15, 0.2) is 59.5 Å². The van der Waals surface area contributed by atoms with Crippen molar-refractivity contribution in [2.24, 2.45) is 0 Å². The fraction of sp³-hybridized carbons (Fsp3) is 0.280. The molecule has 4 aromatic rings. The summed E-state index contributed by atoms with van der Waals surface area (Å²) in [5, 5.41) is 0. The molecular weight excluding hydrogens is 358 g/mol. The topological polar surface area (TPSA) is 50.7 Å².